The Morgan fingerprint density at radius 3 is 2.59 bits per heavy atom. The highest BCUT2D eigenvalue weighted by atomic mass is 19.3. The van der Waals surface area contributed by atoms with Gasteiger partial charge in [-0.05, 0) is 18.6 Å². The fraction of sp³-hybridized carbons (Fsp3) is 0.455. The molecule has 1 aromatic heterocycles. The molecule has 0 spiro atoms. The molecule has 0 amide bonds. The number of esters is 1. The molecule has 0 atom stereocenters. The molecule has 1 rings (SSSR count). The SMILES string of the molecule is COC(=O)Cc1nc(OC)c(C(F)F)cc1C. The largest absolute Gasteiger partial charge is 0.481 e. The van der Waals surface area contributed by atoms with Crippen molar-refractivity contribution in [2.24, 2.45) is 0 Å². The van der Waals surface area contributed by atoms with E-state index in [1.807, 2.05) is 0 Å². The summed E-state index contributed by atoms with van der Waals surface area (Å²) in [6.07, 6.45) is -2.73. The standard InChI is InChI=1S/C11H13F2NO3/c1-6-4-7(10(12)13)11(17-3)14-8(6)5-9(15)16-2/h4,10H,5H2,1-3H3. The number of nitrogens with zero attached hydrogens (tertiary/aromatic N) is 1. The second-order valence-electron chi connectivity index (χ2n) is 3.40. The molecule has 0 aliphatic carbocycles. The van der Waals surface area contributed by atoms with Crippen LogP contribution in [0.4, 0.5) is 8.78 Å². The molecule has 0 saturated carbocycles. The van der Waals surface area contributed by atoms with Crippen LogP contribution in [0, 0.1) is 6.92 Å². The van der Waals surface area contributed by atoms with E-state index in [2.05, 4.69) is 9.72 Å². The Bertz CT molecular complexity index is 421. The molecule has 94 valence electrons. The van der Waals surface area contributed by atoms with E-state index in [1.165, 1.54) is 20.3 Å². The van der Waals surface area contributed by atoms with Gasteiger partial charge in [0.2, 0.25) is 5.88 Å². The average Bonchev–Trinajstić information content (AvgIpc) is 2.30. The molecule has 6 heteroatoms. The maximum Gasteiger partial charge on any atom is 0.311 e. The summed E-state index contributed by atoms with van der Waals surface area (Å²) in [6.45, 7) is 1.61. The number of carbonyl (C=O) groups excluding carboxylic acids is 1. The summed E-state index contributed by atoms with van der Waals surface area (Å²) in [4.78, 5) is 15.0. The Hall–Kier alpha value is -1.72. The van der Waals surface area contributed by atoms with Crippen LogP contribution in [0.2, 0.25) is 0 Å². The highest BCUT2D eigenvalue weighted by Gasteiger charge is 2.19. The van der Waals surface area contributed by atoms with Gasteiger partial charge >= 0.3 is 5.97 Å². The van der Waals surface area contributed by atoms with Crippen LogP contribution in [-0.4, -0.2) is 25.2 Å². The van der Waals surface area contributed by atoms with E-state index in [4.69, 9.17) is 4.74 Å². The van der Waals surface area contributed by atoms with Crippen molar-refractivity contribution in [3.05, 3.63) is 22.9 Å². The minimum absolute atomic E-state index is 0.0673. The smallest absolute Gasteiger partial charge is 0.311 e. The van der Waals surface area contributed by atoms with Crippen molar-refractivity contribution in [1.29, 1.82) is 0 Å². The third-order valence-electron chi connectivity index (χ3n) is 2.28. The number of hydrogen-bond acceptors (Lipinski definition) is 4. The zero-order chi connectivity index (χ0) is 13.0. The number of aromatic nitrogens is 1. The van der Waals surface area contributed by atoms with Gasteiger partial charge in [0, 0.05) is 0 Å². The van der Waals surface area contributed by atoms with Gasteiger partial charge in [-0.2, -0.15) is 0 Å². The van der Waals surface area contributed by atoms with Crippen molar-refractivity contribution in [1.82, 2.24) is 4.98 Å². The number of pyridine rings is 1. The van der Waals surface area contributed by atoms with E-state index >= 15 is 0 Å². The van der Waals surface area contributed by atoms with E-state index in [9.17, 15) is 13.6 Å². The first-order valence-electron chi connectivity index (χ1n) is 4.89. The molecule has 0 unspecified atom stereocenters. The normalized spacial score (nSPS) is 10.5. The Kier molecular flexibility index (Phi) is 4.37. The topological polar surface area (TPSA) is 48.4 Å². The Morgan fingerprint density at radius 2 is 2.12 bits per heavy atom. The summed E-state index contributed by atoms with van der Waals surface area (Å²) in [6, 6.07) is 1.27. The van der Waals surface area contributed by atoms with Gasteiger partial charge < -0.3 is 9.47 Å². The van der Waals surface area contributed by atoms with Gasteiger partial charge in [-0.25, -0.2) is 13.8 Å². The molecule has 1 heterocycles. The van der Waals surface area contributed by atoms with Crippen molar-refractivity contribution in [2.75, 3.05) is 14.2 Å². The molecule has 0 saturated heterocycles. The maximum absolute atomic E-state index is 12.6. The molecule has 0 aliphatic heterocycles. The van der Waals surface area contributed by atoms with Crippen LogP contribution in [0.5, 0.6) is 5.88 Å². The molecule has 17 heavy (non-hydrogen) atoms. The van der Waals surface area contributed by atoms with E-state index in [-0.39, 0.29) is 17.9 Å². The molecular weight excluding hydrogens is 232 g/mol. The summed E-state index contributed by atoms with van der Waals surface area (Å²) in [5.41, 5.74) is 0.600. The molecule has 1 aromatic rings. The first-order chi connectivity index (χ1) is 7.99. The van der Waals surface area contributed by atoms with E-state index < -0.39 is 12.4 Å². The molecule has 0 N–H and O–H groups in total. The fourth-order valence-corrected chi connectivity index (χ4v) is 1.36. The maximum atomic E-state index is 12.6. The molecule has 4 nitrogen and oxygen atoms in total. The summed E-state index contributed by atoms with van der Waals surface area (Å²) in [7, 11) is 2.51. The molecule has 0 radical (unpaired) electrons. The van der Waals surface area contributed by atoms with Gasteiger partial charge in [0.15, 0.2) is 0 Å². The Balaban J connectivity index is 3.13. The van der Waals surface area contributed by atoms with Crippen LogP contribution >= 0.6 is 0 Å². The number of carbonyl (C=O) groups is 1. The average molecular weight is 245 g/mol. The van der Waals surface area contributed by atoms with Gasteiger partial charge in [-0.1, -0.05) is 0 Å². The van der Waals surface area contributed by atoms with Gasteiger partial charge in [0.25, 0.3) is 6.43 Å². The first kappa shape index (κ1) is 13.3. The fourth-order valence-electron chi connectivity index (χ4n) is 1.36. The number of rotatable bonds is 4. The van der Waals surface area contributed by atoms with Crippen molar-refractivity contribution in [2.45, 2.75) is 19.8 Å². The van der Waals surface area contributed by atoms with Crippen LogP contribution in [0.1, 0.15) is 23.2 Å². The Morgan fingerprint density at radius 1 is 1.47 bits per heavy atom. The van der Waals surface area contributed by atoms with Gasteiger partial charge in [0.05, 0.1) is 31.9 Å². The number of alkyl halides is 2. The van der Waals surface area contributed by atoms with Crippen LogP contribution in [0.15, 0.2) is 6.07 Å². The zero-order valence-electron chi connectivity index (χ0n) is 9.79. The molecule has 0 bridgehead atoms. The highest BCUT2D eigenvalue weighted by molar-refractivity contribution is 5.72. The van der Waals surface area contributed by atoms with E-state index in [0.29, 0.717) is 11.3 Å². The third-order valence-corrected chi connectivity index (χ3v) is 2.28. The summed E-state index contributed by atoms with van der Waals surface area (Å²) >= 11 is 0. The van der Waals surface area contributed by atoms with Crippen LogP contribution in [0.25, 0.3) is 0 Å². The summed E-state index contributed by atoms with van der Waals surface area (Å²) < 4.78 is 34.6. The van der Waals surface area contributed by atoms with Crippen LogP contribution in [-0.2, 0) is 16.0 Å². The highest BCUT2D eigenvalue weighted by Crippen LogP contribution is 2.29. The lowest BCUT2D eigenvalue weighted by Gasteiger charge is -2.11. The predicted molar refractivity (Wildman–Crippen MR) is 56.2 cm³/mol. The van der Waals surface area contributed by atoms with Gasteiger partial charge in [-0.15, -0.1) is 0 Å². The van der Waals surface area contributed by atoms with Gasteiger partial charge in [-0.3, -0.25) is 4.79 Å². The second-order valence-corrected chi connectivity index (χ2v) is 3.40. The molecule has 0 aromatic carbocycles. The molecule has 0 fully saturated rings. The lowest BCUT2D eigenvalue weighted by Crippen LogP contribution is -2.09. The minimum atomic E-state index is -2.66. The second kappa shape index (κ2) is 5.56. The van der Waals surface area contributed by atoms with Crippen molar-refractivity contribution >= 4 is 5.97 Å². The molecule has 0 aliphatic rings. The lowest BCUT2D eigenvalue weighted by atomic mass is 10.1. The van der Waals surface area contributed by atoms with Crippen molar-refractivity contribution in [3.63, 3.8) is 0 Å². The monoisotopic (exact) mass is 245 g/mol. The van der Waals surface area contributed by atoms with Crippen molar-refractivity contribution in [3.8, 4) is 5.88 Å². The third kappa shape index (κ3) is 3.12. The lowest BCUT2D eigenvalue weighted by molar-refractivity contribution is -0.139. The zero-order valence-corrected chi connectivity index (χ0v) is 9.79. The number of aryl methyl sites for hydroxylation is 1. The quantitative estimate of drug-likeness (QED) is 0.762. The first-order valence-corrected chi connectivity index (χ1v) is 4.89. The van der Waals surface area contributed by atoms with Crippen LogP contribution in [0.3, 0.4) is 0 Å². The summed E-state index contributed by atoms with van der Waals surface area (Å²) in [5.74, 6) is -0.642. The predicted octanol–water partition coefficient (Wildman–Crippen LogP) is 2.05. The molecular formula is C11H13F2NO3. The van der Waals surface area contributed by atoms with E-state index in [1.54, 1.807) is 6.92 Å². The number of halogens is 2. The number of hydrogen-bond donors (Lipinski definition) is 0. The Labute approximate surface area is 97.6 Å². The van der Waals surface area contributed by atoms with Crippen LogP contribution < -0.4 is 4.74 Å². The minimum Gasteiger partial charge on any atom is -0.481 e. The number of methoxy groups -OCH3 is 2. The van der Waals surface area contributed by atoms with Gasteiger partial charge in [0.1, 0.15) is 0 Å². The van der Waals surface area contributed by atoms with Crippen molar-refractivity contribution < 1.29 is 23.0 Å². The number of ether oxygens (including phenoxy) is 2. The summed E-state index contributed by atoms with van der Waals surface area (Å²) in [5, 5.41) is 0. The van der Waals surface area contributed by atoms with E-state index in [0.717, 1.165) is 0 Å².